The summed E-state index contributed by atoms with van der Waals surface area (Å²) in [5.74, 6) is 0.990. The summed E-state index contributed by atoms with van der Waals surface area (Å²) >= 11 is 0. The highest BCUT2D eigenvalue weighted by atomic mass is 16.3. The van der Waals surface area contributed by atoms with Crippen LogP contribution in [0, 0.1) is 11.3 Å². The summed E-state index contributed by atoms with van der Waals surface area (Å²) in [6.07, 6.45) is 5.29. The van der Waals surface area contributed by atoms with E-state index >= 15 is 0 Å². The maximum absolute atomic E-state index is 10.0. The molecule has 2 fully saturated rings. The third-order valence-corrected chi connectivity index (χ3v) is 4.33. The fourth-order valence-corrected chi connectivity index (χ4v) is 2.84. The fourth-order valence-electron chi connectivity index (χ4n) is 2.84. The topological polar surface area (TPSA) is 32.3 Å². The van der Waals surface area contributed by atoms with Gasteiger partial charge >= 0.3 is 0 Å². The Morgan fingerprint density at radius 1 is 1.24 bits per heavy atom. The van der Waals surface area contributed by atoms with Crippen molar-refractivity contribution in [3.8, 4) is 0 Å². The summed E-state index contributed by atoms with van der Waals surface area (Å²) in [6, 6.07) is 9.91. The molecule has 2 saturated carbocycles. The van der Waals surface area contributed by atoms with Gasteiger partial charge in [0, 0.05) is 13.1 Å². The van der Waals surface area contributed by atoms with Gasteiger partial charge in [-0.15, -0.1) is 0 Å². The van der Waals surface area contributed by atoms with Crippen LogP contribution in [0.3, 0.4) is 0 Å². The molecule has 0 aliphatic heterocycles. The maximum atomic E-state index is 10.0. The largest absolute Gasteiger partial charge is 0.387 e. The highest BCUT2D eigenvalue weighted by Crippen LogP contribution is 2.60. The van der Waals surface area contributed by atoms with Crippen LogP contribution in [-0.4, -0.2) is 18.2 Å². The van der Waals surface area contributed by atoms with Crippen LogP contribution in [0.5, 0.6) is 0 Å². The Balaban J connectivity index is 1.45. The molecular weight excluding hydrogens is 210 g/mol. The zero-order valence-corrected chi connectivity index (χ0v) is 10.2. The standard InChI is InChI=1S/C15H21NO/c17-14(12-4-2-1-3-5-12)10-16-11-15(8-9-15)13-6-7-13/h1-5,13-14,16-17H,6-11H2. The molecule has 3 rings (SSSR count). The molecule has 1 unspecified atom stereocenters. The summed E-state index contributed by atoms with van der Waals surface area (Å²) < 4.78 is 0. The van der Waals surface area contributed by atoms with Crippen molar-refractivity contribution in [2.24, 2.45) is 11.3 Å². The molecule has 17 heavy (non-hydrogen) atoms. The molecule has 92 valence electrons. The molecule has 0 amide bonds. The van der Waals surface area contributed by atoms with Crippen LogP contribution in [0.15, 0.2) is 30.3 Å². The number of nitrogens with one attached hydrogen (secondary N) is 1. The van der Waals surface area contributed by atoms with Gasteiger partial charge in [0.15, 0.2) is 0 Å². The minimum absolute atomic E-state index is 0.369. The Morgan fingerprint density at radius 3 is 2.53 bits per heavy atom. The van der Waals surface area contributed by atoms with E-state index in [1.807, 2.05) is 30.3 Å². The Hall–Kier alpha value is -0.860. The highest BCUT2D eigenvalue weighted by Gasteiger charge is 2.53. The molecule has 0 bridgehead atoms. The van der Waals surface area contributed by atoms with Gasteiger partial charge in [-0.05, 0) is 42.6 Å². The number of hydrogen-bond donors (Lipinski definition) is 2. The third-order valence-electron chi connectivity index (χ3n) is 4.33. The summed E-state index contributed by atoms with van der Waals surface area (Å²) in [6.45, 7) is 1.78. The number of hydrogen-bond acceptors (Lipinski definition) is 2. The molecule has 2 aliphatic rings. The van der Waals surface area contributed by atoms with Gasteiger partial charge in [0.1, 0.15) is 0 Å². The number of aliphatic hydroxyl groups excluding tert-OH is 1. The summed E-state index contributed by atoms with van der Waals surface area (Å²) in [7, 11) is 0. The van der Waals surface area contributed by atoms with Gasteiger partial charge < -0.3 is 10.4 Å². The Morgan fingerprint density at radius 2 is 1.94 bits per heavy atom. The first-order valence-electron chi connectivity index (χ1n) is 6.74. The van der Waals surface area contributed by atoms with E-state index < -0.39 is 0 Å². The number of benzene rings is 1. The van der Waals surface area contributed by atoms with Gasteiger partial charge in [-0.3, -0.25) is 0 Å². The summed E-state index contributed by atoms with van der Waals surface area (Å²) in [5, 5.41) is 13.5. The lowest BCUT2D eigenvalue weighted by atomic mass is 10.0. The zero-order valence-electron chi connectivity index (χ0n) is 10.2. The number of aliphatic hydroxyl groups is 1. The molecule has 2 aliphatic carbocycles. The van der Waals surface area contributed by atoms with Gasteiger partial charge in [0.25, 0.3) is 0 Å². The molecule has 1 atom stereocenters. The molecule has 0 saturated heterocycles. The van der Waals surface area contributed by atoms with E-state index in [2.05, 4.69) is 5.32 Å². The molecule has 0 spiro atoms. The molecule has 2 nitrogen and oxygen atoms in total. The second kappa shape index (κ2) is 4.43. The van der Waals surface area contributed by atoms with Crippen LogP contribution < -0.4 is 5.32 Å². The highest BCUT2D eigenvalue weighted by molar-refractivity contribution is 5.17. The zero-order chi connectivity index (χ0) is 11.7. The lowest BCUT2D eigenvalue weighted by molar-refractivity contribution is 0.171. The van der Waals surface area contributed by atoms with Crippen molar-refractivity contribution in [1.29, 1.82) is 0 Å². The molecule has 1 aromatic rings. The van der Waals surface area contributed by atoms with E-state index in [1.165, 1.54) is 25.7 Å². The van der Waals surface area contributed by atoms with Crippen molar-refractivity contribution >= 4 is 0 Å². The van der Waals surface area contributed by atoms with Gasteiger partial charge in [-0.2, -0.15) is 0 Å². The van der Waals surface area contributed by atoms with Crippen LogP contribution in [0.2, 0.25) is 0 Å². The van der Waals surface area contributed by atoms with E-state index in [0.29, 0.717) is 12.0 Å². The van der Waals surface area contributed by atoms with Crippen molar-refractivity contribution in [2.45, 2.75) is 31.8 Å². The minimum Gasteiger partial charge on any atom is -0.387 e. The Labute approximate surface area is 103 Å². The van der Waals surface area contributed by atoms with Gasteiger partial charge in [0.2, 0.25) is 0 Å². The van der Waals surface area contributed by atoms with Crippen molar-refractivity contribution in [2.75, 3.05) is 13.1 Å². The maximum Gasteiger partial charge on any atom is 0.0914 e. The van der Waals surface area contributed by atoms with E-state index in [0.717, 1.165) is 18.0 Å². The van der Waals surface area contributed by atoms with Crippen LogP contribution in [-0.2, 0) is 0 Å². The lowest BCUT2D eigenvalue weighted by Crippen LogP contribution is -2.29. The van der Waals surface area contributed by atoms with Crippen LogP contribution in [0.4, 0.5) is 0 Å². The quantitative estimate of drug-likeness (QED) is 0.788. The Kier molecular flexibility index (Phi) is 2.93. The predicted octanol–water partition coefficient (Wildman–Crippen LogP) is 2.50. The Bertz CT molecular complexity index is 368. The number of rotatable bonds is 6. The van der Waals surface area contributed by atoms with E-state index in [-0.39, 0.29) is 6.10 Å². The summed E-state index contributed by atoms with van der Waals surface area (Å²) in [4.78, 5) is 0. The average Bonchev–Trinajstić information content (AvgIpc) is 3.23. The molecule has 2 N–H and O–H groups in total. The van der Waals surface area contributed by atoms with Crippen molar-refractivity contribution in [1.82, 2.24) is 5.32 Å². The van der Waals surface area contributed by atoms with Crippen LogP contribution in [0.1, 0.15) is 37.4 Å². The van der Waals surface area contributed by atoms with Gasteiger partial charge in [0.05, 0.1) is 6.10 Å². The fraction of sp³-hybridized carbons (Fsp3) is 0.600. The second-order valence-corrected chi connectivity index (χ2v) is 5.69. The van der Waals surface area contributed by atoms with E-state index in [9.17, 15) is 5.11 Å². The first-order chi connectivity index (χ1) is 8.30. The molecule has 0 radical (unpaired) electrons. The molecular formula is C15H21NO. The molecule has 0 heterocycles. The normalized spacial score (nSPS) is 23.4. The van der Waals surface area contributed by atoms with Crippen molar-refractivity contribution in [3.63, 3.8) is 0 Å². The van der Waals surface area contributed by atoms with E-state index in [1.54, 1.807) is 0 Å². The van der Waals surface area contributed by atoms with E-state index in [4.69, 9.17) is 0 Å². The lowest BCUT2D eigenvalue weighted by Gasteiger charge is -2.17. The first-order valence-corrected chi connectivity index (χ1v) is 6.74. The molecule has 2 heteroatoms. The van der Waals surface area contributed by atoms with Gasteiger partial charge in [-0.1, -0.05) is 30.3 Å². The average molecular weight is 231 g/mol. The molecule has 1 aromatic carbocycles. The van der Waals surface area contributed by atoms with Crippen molar-refractivity contribution < 1.29 is 5.11 Å². The van der Waals surface area contributed by atoms with Crippen LogP contribution in [0.25, 0.3) is 0 Å². The monoisotopic (exact) mass is 231 g/mol. The third kappa shape index (κ3) is 2.53. The first kappa shape index (κ1) is 11.2. The molecule has 0 aromatic heterocycles. The minimum atomic E-state index is -0.369. The summed E-state index contributed by atoms with van der Waals surface area (Å²) in [5.41, 5.74) is 1.63. The SMILES string of the molecule is OC(CNCC1(C2CC2)CC1)c1ccccc1. The smallest absolute Gasteiger partial charge is 0.0914 e. The predicted molar refractivity (Wildman–Crippen MR) is 68.7 cm³/mol. The van der Waals surface area contributed by atoms with Gasteiger partial charge in [-0.25, -0.2) is 0 Å². The van der Waals surface area contributed by atoms with Crippen LogP contribution >= 0.6 is 0 Å². The second-order valence-electron chi connectivity index (χ2n) is 5.69. The van der Waals surface area contributed by atoms with Crippen molar-refractivity contribution in [3.05, 3.63) is 35.9 Å².